The second kappa shape index (κ2) is 18.7. The molecule has 2 aromatic heterocycles. The number of H-pyrrole nitrogens is 2. The molecule has 17 heteroatoms. The van der Waals surface area contributed by atoms with Gasteiger partial charge in [-0.05, 0) is 63.0 Å². The molecule has 1 unspecified atom stereocenters. The van der Waals surface area contributed by atoms with E-state index in [2.05, 4.69) is 32.4 Å². The first-order valence-electron chi connectivity index (χ1n) is 22.1. The quantitative estimate of drug-likeness (QED) is 0.122. The Labute approximate surface area is 376 Å². The molecule has 9 rings (SSSR count). The summed E-state index contributed by atoms with van der Waals surface area (Å²) in [6.07, 6.45) is 5.84. The number of aromatic amines is 2. The molecular formula is C47H53ClN8O8. The van der Waals surface area contributed by atoms with Crippen molar-refractivity contribution in [3.8, 4) is 45.5 Å². The number of fused-ring (bicyclic) bond motifs is 1. The minimum Gasteiger partial charge on any atom is -0.453 e. The zero-order valence-corrected chi connectivity index (χ0v) is 36.9. The lowest BCUT2D eigenvalue weighted by Gasteiger charge is -2.36. The number of amides is 4. The monoisotopic (exact) mass is 892 g/mol. The summed E-state index contributed by atoms with van der Waals surface area (Å²) in [5, 5.41) is 5.95. The van der Waals surface area contributed by atoms with E-state index < -0.39 is 30.3 Å². The SMILES string of the molecule is COC(=O)N[C@H](C(=O)N1[C@@H]2C#C[C@@H]2C[C@H]1c1nc(-c2ccc(-c3ccc(-c4c[nH]c([C@@H]5CC[C@@H](C)N5C(=O)[C@@H](NC(=O)OC)[C@@H]5CCCOC5)n4)cc3)cc2)c(Cl)[nH]1)C1CCCOC1. The second-order valence-electron chi connectivity index (χ2n) is 17.3. The molecular weight excluding hydrogens is 840 g/mol. The number of rotatable bonds is 11. The van der Waals surface area contributed by atoms with Crippen LogP contribution >= 0.6 is 11.6 Å². The number of carbonyl (C=O) groups is 4. The molecule has 5 aliphatic rings. The molecule has 4 aromatic rings. The molecule has 2 aromatic carbocycles. The lowest BCUT2D eigenvalue weighted by molar-refractivity contribution is -0.139. The molecule has 0 bridgehead atoms. The minimum absolute atomic E-state index is 0.00113. The van der Waals surface area contributed by atoms with Gasteiger partial charge in [0, 0.05) is 48.4 Å². The molecule has 4 saturated heterocycles. The van der Waals surface area contributed by atoms with Gasteiger partial charge in [-0.25, -0.2) is 19.6 Å². The van der Waals surface area contributed by atoms with Crippen LogP contribution < -0.4 is 10.6 Å². The Morgan fingerprint density at radius 1 is 0.750 bits per heavy atom. The number of alkyl carbamates (subject to hydrolysis) is 2. The maximum Gasteiger partial charge on any atom is 0.407 e. The van der Waals surface area contributed by atoms with Crippen LogP contribution in [0, 0.1) is 29.6 Å². The van der Waals surface area contributed by atoms with Gasteiger partial charge in [-0.15, -0.1) is 0 Å². The first-order valence-corrected chi connectivity index (χ1v) is 22.5. The number of aromatic nitrogens is 4. The third-order valence-corrected chi connectivity index (χ3v) is 13.7. The highest BCUT2D eigenvalue weighted by Gasteiger charge is 2.51. The van der Waals surface area contributed by atoms with Crippen LogP contribution in [0.15, 0.2) is 54.7 Å². The fourth-order valence-corrected chi connectivity index (χ4v) is 10.2. The number of methoxy groups -OCH3 is 2. The highest BCUT2D eigenvalue weighted by atomic mass is 35.5. The smallest absolute Gasteiger partial charge is 0.407 e. The number of nitrogens with one attached hydrogen (secondary N) is 4. The second-order valence-corrected chi connectivity index (χ2v) is 17.7. The third-order valence-electron chi connectivity index (χ3n) is 13.5. The first-order chi connectivity index (χ1) is 31.1. The Hall–Kier alpha value is -5.89. The molecule has 4 fully saturated rings. The van der Waals surface area contributed by atoms with E-state index in [4.69, 9.17) is 40.5 Å². The predicted octanol–water partition coefficient (Wildman–Crippen LogP) is 6.42. The molecule has 0 saturated carbocycles. The maximum absolute atomic E-state index is 14.3. The molecule has 4 N–H and O–H groups in total. The lowest BCUT2D eigenvalue weighted by Crippen LogP contribution is -2.56. The fraction of sp³-hybridized carbons (Fsp3) is 0.489. The van der Waals surface area contributed by atoms with Gasteiger partial charge in [0.1, 0.15) is 40.6 Å². The largest absolute Gasteiger partial charge is 0.453 e. The molecule has 6 heterocycles. The van der Waals surface area contributed by atoms with Crippen molar-refractivity contribution in [1.82, 2.24) is 40.4 Å². The minimum atomic E-state index is -0.830. The van der Waals surface area contributed by atoms with Crippen LogP contribution in [0.1, 0.15) is 75.6 Å². The topological polar surface area (TPSA) is 193 Å². The number of benzene rings is 2. The summed E-state index contributed by atoms with van der Waals surface area (Å²) in [7, 11) is 2.58. The van der Waals surface area contributed by atoms with Gasteiger partial charge >= 0.3 is 12.2 Å². The van der Waals surface area contributed by atoms with Crippen LogP contribution in [0.2, 0.25) is 5.15 Å². The predicted molar refractivity (Wildman–Crippen MR) is 235 cm³/mol. The van der Waals surface area contributed by atoms with Crippen molar-refractivity contribution in [3.05, 3.63) is 71.5 Å². The van der Waals surface area contributed by atoms with E-state index in [0.29, 0.717) is 55.3 Å². The number of imidazole rings is 2. The Morgan fingerprint density at radius 2 is 1.33 bits per heavy atom. The Morgan fingerprint density at radius 3 is 1.88 bits per heavy atom. The molecule has 1 aliphatic carbocycles. The zero-order valence-electron chi connectivity index (χ0n) is 36.1. The standard InChI is InChI=1S/C47H53ClN8O8/c1-26-8-18-36(55(26)44(57)39(52-46(59)61-2)32-6-4-20-63-24-32)42-49-23-34(50-42)29-13-9-27(10-14-29)28-11-15-30(16-12-28)38-41(48)54-43(51-38)37-22-31-17-19-35(31)56(37)45(58)40(53-47(60)62-3)33-7-5-21-64-25-33/h9-16,23,26,31-33,35-37,39-40H,4-8,18,20-22,24-25H2,1-3H3,(H,49,50)(H,51,54)(H,52,59)(H,53,60)/t26-,31-,32-,33?,35-,36+,37+,39+,40+/m1/s1. The van der Waals surface area contributed by atoms with Crippen molar-refractivity contribution >= 4 is 35.6 Å². The van der Waals surface area contributed by atoms with Crippen LogP contribution in [0.4, 0.5) is 9.59 Å². The number of halogens is 1. The highest BCUT2D eigenvalue weighted by Crippen LogP contribution is 2.44. The normalized spacial score (nSPS) is 25.8. The van der Waals surface area contributed by atoms with E-state index in [1.807, 2.05) is 66.6 Å². The van der Waals surface area contributed by atoms with Crippen LogP contribution in [-0.2, 0) is 28.5 Å². The Balaban J connectivity index is 0.883. The van der Waals surface area contributed by atoms with E-state index in [1.165, 1.54) is 14.2 Å². The van der Waals surface area contributed by atoms with Gasteiger partial charge in [0.15, 0.2) is 0 Å². The van der Waals surface area contributed by atoms with Crippen molar-refractivity contribution in [3.63, 3.8) is 0 Å². The van der Waals surface area contributed by atoms with Crippen LogP contribution in [0.25, 0.3) is 33.6 Å². The number of nitrogens with zero attached hydrogens (tertiary/aromatic N) is 4. The van der Waals surface area contributed by atoms with Gasteiger partial charge in [-0.3, -0.25) is 9.59 Å². The number of carbonyl (C=O) groups excluding carboxylic acids is 4. The molecule has 4 aliphatic heterocycles. The first kappa shape index (κ1) is 43.4. The van der Waals surface area contributed by atoms with Crippen molar-refractivity contribution < 1.29 is 38.1 Å². The van der Waals surface area contributed by atoms with Gasteiger partial charge < -0.3 is 49.3 Å². The maximum atomic E-state index is 14.3. The van der Waals surface area contributed by atoms with E-state index in [-0.39, 0.29) is 47.7 Å². The molecule has 0 radical (unpaired) electrons. The molecule has 0 spiro atoms. The van der Waals surface area contributed by atoms with Crippen LogP contribution in [0.3, 0.4) is 0 Å². The summed E-state index contributed by atoms with van der Waals surface area (Å²) >= 11 is 6.83. The van der Waals surface area contributed by atoms with Gasteiger partial charge in [0.2, 0.25) is 11.8 Å². The lowest BCUT2D eigenvalue weighted by atomic mass is 9.90. The zero-order chi connectivity index (χ0) is 44.5. The number of hydrogen-bond acceptors (Lipinski definition) is 10. The number of ether oxygens (including phenoxy) is 4. The molecule has 9 atom stereocenters. The average Bonchev–Trinajstić information content (AvgIpc) is 4.12. The van der Waals surface area contributed by atoms with E-state index in [0.717, 1.165) is 66.5 Å². The number of likely N-dealkylation sites (tertiary alicyclic amines) is 2. The third kappa shape index (κ3) is 8.56. The average molecular weight is 893 g/mol. The summed E-state index contributed by atoms with van der Waals surface area (Å²) in [5.74, 6) is 6.87. The molecule has 4 amide bonds. The molecule has 16 nitrogen and oxygen atoms in total. The highest BCUT2D eigenvalue weighted by molar-refractivity contribution is 6.32. The summed E-state index contributed by atoms with van der Waals surface area (Å²) in [5.41, 5.74) is 5.06. The number of hydrogen-bond donors (Lipinski definition) is 4. The van der Waals surface area contributed by atoms with Crippen molar-refractivity contribution in [2.24, 2.45) is 17.8 Å². The van der Waals surface area contributed by atoms with Crippen molar-refractivity contribution in [2.75, 3.05) is 40.6 Å². The van der Waals surface area contributed by atoms with Gasteiger partial charge in [-0.2, -0.15) is 0 Å². The van der Waals surface area contributed by atoms with Gasteiger partial charge in [0.25, 0.3) is 0 Å². The van der Waals surface area contributed by atoms with E-state index in [1.54, 1.807) is 4.90 Å². The molecule has 336 valence electrons. The van der Waals surface area contributed by atoms with Crippen molar-refractivity contribution in [2.45, 2.75) is 88.1 Å². The van der Waals surface area contributed by atoms with Crippen LogP contribution in [-0.4, -0.2) is 119 Å². The van der Waals surface area contributed by atoms with E-state index >= 15 is 0 Å². The molecule has 64 heavy (non-hydrogen) atoms. The Kier molecular flexibility index (Phi) is 12.7. The van der Waals surface area contributed by atoms with Crippen LogP contribution in [0.5, 0.6) is 0 Å². The fourth-order valence-electron chi connectivity index (χ4n) is 9.97. The summed E-state index contributed by atoms with van der Waals surface area (Å²) in [4.78, 5) is 73.4. The summed E-state index contributed by atoms with van der Waals surface area (Å²) in [6, 6.07) is 13.5. The van der Waals surface area contributed by atoms with Gasteiger partial charge in [0.05, 0.1) is 51.1 Å². The summed E-state index contributed by atoms with van der Waals surface area (Å²) in [6.45, 7) is 4.06. The van der Waals surface area contributed by atoms with Crippen molar-refractivity contribution in [1.29, 1.82) is 0 Å². The summed E-state index contributed by atoms with van der Waals surface area (Å²) < 4.78 is 21.2. The van der Waals surface area contributed by atoms with Gasteiger partial charge in [-0.1, -0.05) is 72.0 Å². The Bertz CT molecular complexity index is 2420. The van der Waals surface area contributed by atoms with E-state index in [9.17, 15) is 19.2 Å².